The van der Waals surface area contributed by atoms with Crippen LogP contribution >= 0.6 is 0 Å². The molecule has 1 aliphatic heterocycles. The number of nitrogens with zero attached hydrogens (tertiary/aromatic N) is 3. The highest BCUT2D eigenvalue weighted by Crippen LogP contribution is 2.22. The lowest BCUT2D eigenvalue weighted by Crippen LogP contribution is -2.31. The van der Waals surface area contributed by atoms with Crippen LogP contribution in [-0.4, -0.2) is 29.0 Å². The number of benzene rings is 2. The van der Waals surface area contributed by atoms with E-state index >= 15 is 0 Å². The molecule has 2 heterocycles. The lowest BCUT2D eigenvalue weighted by molar-refractivity contribution is 0.0950. The third-order valence-electron chi connectivity index (χ3n) is 4.92. The van der Waals surface area contributed by atoms with Gasteiger partial charge in [0.2, 0.25) is 5.95 Å². The normalized spacial score (nSPS) is 13.7. The Kier molecular flexibility index (Phi) is 6.17. The van der Waals surface area contributed by atoms with Gasteiger partial charge < -0.3 is 15.0 Å². The fourth-order valence-electron chi connectivity index (χ4n) is 3.34. The number of amides is 1. The minimum absolute atomic E-state index is 0.224. The number of ether oxygens (including phenoxy) is 1. The van der Waals surface area contributed by atoms with Crippen LogP contribution < -0.4 is 15.0 Å². The molecule has 154 valence electrons. The molecule has 6 nitrogen and oxygen atoms in total. The van der Waals surface area contributed by atoms with Gasteiger partial charge in [-0.05, 0) is 67.8 Å². The van der Waals surface area contributed by atoms with E-state index < -0.39 is 0 Å². The van der Waals surface area contributed by atoms with Crippen molar-refractivity contribution in [1.29, 1.82) is 0 Å². The zero-order valence-electron chi connectivity index (χ0n) is 16.6. The molecule has 0 unspecified atom stereocenters. The van der Waals surface area contributed by atoms with E-state index in [1.54, 1.807) is 30.5 Å². The summed E-state index contributed by atoms with van der Waals surface area (Å²) < 4.78 is 18.7. The molecule has 7 heteroatoms. The van der Waals surface area contributed by atoms with Gasteiger partial charge in [0.1, 0.15) is 17.3 Å². The van der Waals surface area contributed by atoms with Gasteiger partial charge >= 0.3 is 0 Å². The first-order chi connectivity index (χ1) is 14.7. The first-order valence-electron chi connectivity index (χ1n) is 10.1. The molecule has 4 rings (SSSR count). The van der Waals surface area contributed by atoms with Crippen LogP contribution in [-0.2, 0) is 6.54 Å². The van der Waals surface area contributed by atoms with E-state index in [9.17, 15) is 9.18 Å². The van der Waals surface area contributed by atoms with Crippen LogP contribution in [0.5, 0.6) is 11.5 Å². The smallest absolute Gasteiger partial charge is 0.251 e. The fourth-order valence-corrected chi connectivity index (χ4v) is 3.34. The molecule has 0 saturated carbocycles. The van der Waals surface area contributed by atoms with E-state index in [0.717, 1.165) is 37.6 Å². The third-order valence-corrected chi connectivity index (χ3v) is 4.92. The Morgan fingerprint density at radius 3 is 2.63 bits per heavy atom. The fraction of sp³-hybridized carbons (Fsp3) is 0.261. The number of carbonyl (C=O) groups excluding carboxylic acids is 1. The molecule has 2 aromatic carbocycles. The molecule has 0 aliphatic carbocycles. The van der Waals surface area contributed by atoms with Crippen LogP contribution in [0.3, 0.4) is 0 Å². The van der Waals surface area contributed by atoms with Gasteiger partial charge in [0, 0.05) is 24.8 Å². The number of hydrogen-bond acceptors (Lipinski definition) is 5. The van der Waals surface area contributed by atoms with Gasteiger partial charge in [-0.25, -0.2) is 14.4 Å². The zero-order valence-corrected chi connectivity index (χ0v) is 16.6. The van der Waals surface area contributed by atoms with Crippen molar-refractivity contribution in [2.24, 2.45) is 0 Å². The van der Waals surface area contributed by atoms with Crippen LogP contribution in [0.4, 0.5) is 10.3 Å². The lowest BCUT2D eigenvalue weighted by Gasteiger charge is -2.26. The molecule has 0 atom stereocenters. The molecule has 0 bridgehead atoms. The van der Waals surface area contributed by atoms with Crippen molar-refractivity contribution in [3.05, 3.63) is 77.9 Å². The maximum Gasteiger partial charge on any atom is 0.251 e. The number of piperidine rings is 1. The van der Waals surface area contributed by atoms with Crippen molar-refractivity contribution in [2.45, 2.75) is 25.8 Å². The topological polar surface area (TPSA) is 67.4 Å². The van der Waals surface area contributed by atoms with E-state index in [2.05, 4.69) is 20.2 Å². The summed E-state index contributed by atoms with van der Waals surface area (Å²) in [6.07, 6.45) is 5.28. The second-order valence-corrected chi connectivity index (χ2v) is 7.16. The largest absolute Gasteiger partial charge is 0.457 e. The molecule has 1 aliphatic rings. The van der Waals surface area contributed by atoms with Crippen LogP contribution in [0.2, 0.25) is 0 Å². The van der Waals surface area contributed by atoms with Crippen molar-refractivity contribution in [3.8, 4) is 11.5 Å². The van der Waals surface area contributed by atoms with Crippen molar-refractivity contribution < 1.29 is 13.9 Å². The number of rotatable bonds is 6. The van der Waals surface area contributed by atoms with Crippen LogP contribution in [0.25, 0.3) is 0 Å². The maximum atomic E-state index is 13.0. The molecule has 1 aromatic heterocycles. The average Bonchev–Trinajstić information content (AvgIpc) is 2.80. The molecule has 1 amide bonds. The Balaban J connectivity index is 1.37. The van der Waals surface area contributed by atoms with E-state index in [4.69, 9.17) is 4.74 Å². The molecule has 1 fully saturated rings. The number of nitrogens with one attached hydrogen (secondary N) is 1. The molecular formula is C23H23FN4O2. The first kappa shape index (κ1) is 19.8. The standard InChI is InChI=1S/C23H23FN4O2/c24-18-7-9-20(10-8-18)30-21-6-4-5-17(15-21)22(29)26-16-19-11-12-25-23(27-19)28-13-2-1-3-14-28/h4-12,15H,1-3,13-14,16H2,(H,26,29). The molecule has 1 N–H and O–H groups in total. The minimum Gasteiger partial charge on any atom is -0.457 e. The molecule has 0 spiro atoms. The third kappa shape index (κ3) is 5.11. The summed E-state index contributed by atoms with van der Waals surface area (Å²) in [4.78, 5) is 23.7. The number of carbonyl (C=O) groups is 1. The van der Waals surface area contributed by atoms with Gasteiger partial charge in [0.15, 0.2) is 0 Å². The van der Waals surface area contributed by atoms with E-state index in [0.29, 0.717) is 23.6 Å². The Morgan fingerprint density at radius 1 is 1.03 bits per heavy atom. The Bertz CT molecular complexity index is 1000. The monoisotopic (exact) mass is 406 g/mol. The van der Waals surface area contributed by atoms with E-state index in [1.807, 2.05) is 6.07 Å². The quantitative estimate of drug-likeness (QED) is 0.660. The number of halogens is 1. The summed E-state index contributed by atoms with van der Waals surface area (Å²) in [6, 6.07) is 14.4. The summed E-state index contributed by atoms with van der Waals surface area (Å²) >= 11 is 0. The van der Waals surface area contributed by atoms with Crippen molar-refractivity contribution in [2.75, 3.05) is 18.0 Å². The number of anilines is 1. The highest BCUT2D eigenvalue weighted by Gasteiger charge is 2.14. The van der Waals surface area contributed by atoms with Crippen molar-refractivity contribution in [1.82, 2.24) is 15.3 Å². The highest BCUT2D eigenvalue weighted by molar-refractivity contribution is 5.94. The van der Waals surface area contributed by atoms with Gasteiger partial charge in [-0.1, -0.05) is 6.07 Å². The molecule has 1 saturated heterocycles. The van der Waals surface area contributed by atoms with Crippen LogP contribution in [0.1, 0.15) is 35.3 Å². The summed E-state index contributed by atoms with van der Waals surface area (Å²) in [6.45, 7) is 2.25. The van der Waals surface area contributed by atoms with Gasteiger partial charge in [-0.3, -0.25) is 4.79 Å². The summed E-state index contributed by atoms with van der Waals surface area (Å²) in [5.41, 5.74) is 1.23. The van der Waals surface area contributed by atoms with Crippen molar-refractivity contribution >= 4 is 11.9 Å². The Hall–Kier alpha value is -3.48. The van der Waals surface area contributed by atoms with Crippen molar-refractivity contribution in [3.63, 3.8) is 0 Å². The van der Waals surface area contributed by atoms with E-state index in [-0.39, 0.29) is 11.7 Å². The number of aromatic nitrogens is 2. The minimum atomic E-state index is -0.330. The summed E-state index contributed by atoms with van der Waals surface area (Å²) in [7, 11) is 0. The molecule has 3 aromatic rings. The highest BCUT2D eigenvalue weighted by atomic mass is 19.1. The van der Waals surface area contributed by atoms with Gasteiger partial charge in [0.25, 0.3) is 5.91 Å². The summed E-state index contributed by atoms with van der Waals surface area (Å²) in [5, 5.41) is 2.89. The summed E-state index contributed by atoms with van der Waals surface area (Å²) in [5.74, 6) is 1.17. The van der Waals surface area contributed by atoms with Gasteiger partial charge in [-0.15, -0.1) is 0 Å². The average molecular weight is 406 g/mol. The second kappa shape index (κ2) is 9.35. The molecule has 30 heavy (non-hydrogen) atoms. The number of hydrogen-bond donors (Lipinski definition) is 1. The van der Waals surface area contributed by atoms with Gasteiger partial charge in [0.05, 0.1) is 12.2 Å². The van der Waals surface area contributed by atoms with Crippen LogP contribution in [0.15, 0.2) is 60.8 Å². The van der Waals surface area contributed by atoms with Gasteiger partial charge in [-0.2, -0.15) is 0 Å². The second-order valence-electron chi connectivity index (χ2n) is 7.16. The predicted octanol–water partition coefficient (Wildman–Crippen LogP) is 4.33. The molecular weight excluding hydrogens is 383 g/mol. The zero-order chi connectivity index (χ0) is 20.8. The Labute approximate surface area is 174 Å². The predicted molar refractivity (Wildman–Crippen MR) is 112 cm³/mol. The Morgan fingerprint density at radius 2 is 1.83 bits per heavy atom. The SMILES string of the molecule is O=C(NCc1ccnc(N2CCCCC2)n1)c1cccc(Oc2ccc(F)cc2)c1. The van der Waals surface area contributed by atoms with E-state index in [1.165, 1.54) is 30.7 Å². The van der Waals surface area contributed by atoms with Crippen LogP contribution in [0, 0.1) is 5.82 Å². The molecule has 0 radical (unpaired) electrons. The maximum absolute atomic E-state index is 13.0. The first-order valence-corrected chi connectivity index (χ1v) is 10.1. The lowest BCUT2D eigenvalue weighted by atomic mass is 10.1.